The number of nitrogens with one attached hydrogen (secondary N) is 2. The Morgan fingerprint density at radius 2 is 2.05 bits per heavy atom. The molecule has 0 radical (unpaired) electrons. The van der Waals surface area contributed by atoms with Gasteiger partial charge in [-0.2, -0.15) is 0 Å². The standard InChI is InChI=1S/C14H19FN2O3/c1-9-5-6-11(8-12(9)15)17-14(20)13(19)16-10(2)4-3-7-18/h5-6,8,10,18H,3-4,7H2,1-2H3,(H,16,19)(H,17,20). The zero-order valence-electron chi connectivity index (χ0n) is 11.6. The van der Waals surface area contributed by atoms with E-state index in [1.165, 1.54) is 12.1 Å². The molecule has 1 aromatic carbocycles. The van der Waals surface area contributed by atoms with E-state index in [1.807, 2.05) is 0 Å². The number of hydrogen-bond acceptors (Lipinski definition) is 3. The highest BCUT2D eigenvalue weighted by molar-refractivity contribution is 6.39. The van der Waals surface area contributed by atoms with Gasteiger partial charge in [0.05, 0.1) is 0 Å². The molecule has 0 saturated carbocycles. The van der Waals surface area contributed by atoms with E-state index in [2.05, 4.69) is 10.6 Å². The van der Waals surface area contributed by atoms with Crippen LogP contribution < -0.4 is 10.6 Å². The highest BCUT2D eigenvalue weighted by Crippen LogP contribution is 2.13. The fraction of sp³-hybridized carbons (Fsp3) is 0.429. The molecular weight excluding hydrogens is 263 g/mol. The number of halogens is 1. The van der Waals surface area contributed by atoms with Gasteiger partial charge < -0.3 is 15.7 Å². The summed E-state index contributed by atoms with van der Waals surface area (Å²) in [5.74, 6) is -2.07. The molecule has 5 nitrogen and oxygen atoms in total. The minimum Gasteiger partial charge on any atom is -0.396 e. The van der Waals surface area contributed by atoms with Gasteiger partial charge in [0.15, 0.2) is 0 Å². The molecule has 0 bridgehead atoms. The first kappa shape index (κ1) is 16.1. The number of hydrogen-bond donors (Lipinski definition) is 3. The molecule has 110 valence electrons. The largest absolute Gasteiger partial charge is 0.396 e. The zero-order chi connectivity index (χ0) is 15.1. The summed E-state index contributed by atoms with van der Waals surface area (Å²) in [7, 11) is 0. The normalized spacial score (nSPS) is 11.8. The lowest BCUT2D eigenvalue weighted by Crippen LogP contribution is -2.40. The van der Waals surface area contributed by atoms with Crippen LogP contribution in [-0.4, -0.2) is 29.6 Å². The van der Waals surface area contributed by atoms with Crippen LogP contribution in [0.25, 0.3) is 0 Å². The van der Waals surface area contributed by atoms with Crippen molar-refractivity contribution in [1.82, 2.24) is 5.32 Å². The summed E-state index contributed by atoms with van der Waals surface area (Å²) in [6.45, 7) is 3.39. The summed E-state index contributed by atoms with van der Waals surface area (Å²) in [6.07, 6.45) is 1.13. The fourth-order valence-corrected chi connectivity index (χ4v) is 1.62. The van der Waals surface area contributed by atoms with Crippen LogP contribution in [0.5, 0.6) is 0 Å². The Kier molecular flexibility index (Phi) is 6.11. The molecule has 0 aliphatic heterocycles. The van der Waals surface area contributed by atoms with Crippen molar-refractivity contribution >= 4 is 17.5 Å². The average Bonchev–Trinajstić information content (AvgIpc) is 2.40. The van der Waals surface area contributed by atoms with Gasteiger partial charge in [-0.15, -0.1) is 0 Å². The Balaban J connectivity index is 2.53. The minimum absolute atomic E-state index is 0.0368. The number of anilines is 1. The molecule has 0 aliphatic rings. The summed E-state index contributed by atoms with van der Waals surface area (Å²) in [6, 6.07) is 4.00. The number of aliphatic hydroxyl groups is 1. The van der Waals surface area contributed by atoms with Gasteiger partial charge in [0.1, 0.15) is 5.82 Å². The van der Waals surface area contributed by atoms with Crippen LogP contribution in [-0.2, 0) is 9.59 Å². The van der Waals surface area contributed by atoms with E-state index in [0.29, 0.717) is 18.4 Å². The van der Waals surface area contributed by atoms with Gasteiger partial charge in [0.2, 0.25) is 0 Å². The van der Waals surface area contributed by atoms with Crippen LogP contribution in [0, 0.1) is 12.7 Å². The maximum atomic E-state index is 13.3. The van der Waals surface area contributed by atoms with E-state index < -0.39 is 17.6 Å². The Labute approximate surface area is 117 Å². The van der Waals surface area contributed by atoms with Crippen LogP contribution in [0.1, 0.15) is 25.3 Å². The molecule has 2 amide bonds. The first-order chi connectivity index (χ1) is 9.43. The third-order valence-electron chi connectivity index (χ3n) is 2.81. The number of carbonyl (C=O) groups excluding carboxylic acids is 2. The topological polar surface area (TPSA) is 78.4 Å². The highest BCUT2D eigenvalue weighted by Gasteiger charge is 2.16. The smallest absolute Gasteiger partial charge is 0.313 e. The number of rotatable bonds is 5. The lowest BCUT2D eigenvalue weighted by molar-refractivity contribution is -0.136. The van der Waals surface area contributed by atoms with Gasteiger partial charge in [0.25, 0.3) is 0 Å². The molecule has 0 fully saturated rings. The summed E-state index contributed by atoms with van der Waals surface area (Å²) >= 11 is 0. The van der Waals surface area contributed by atoms with Gasteiger partial charge in [-0.05, 0) is 44.4 Å². The van der Waals surface area contributed by atoms with Crippen LogP contribution in [0.15, 0.2) is 18.2 Å². The van der Waals surface area contributed by atoms with E-state index in [-0.39, 0.29) is 18.3 Å². The van der Waals surface area contributed by atoms with E-state index in [0.717, 1.165) is 6.07 Å². The van der Waals surface area contributed by atoms with Gasteiger partial charge in [-0.3, -0.25) is 9.59 Å². The van der Waals surface area contributed by atoms with Gasteiger partial charge in [0, 0.05) is 18.3 Å². The molecule has 3 N–H and O–H groups in total. The molecular formula is C14H19FN2O3. The van der Waals surface area contributed by atoms with Gasteiger partial charge >= 0.3 is 11.8 Å². The van der Waals surface area contributed by atoms with Crippen molar-refractivity contribution in [2.45, 2.75) is 32.7 Å². The monoisotopic (exact) mass is 282 g/mol. The maximum Gasteiger partial charge on any atom is 0.313 e. The first-order valence-electron chi connectivity index (χ1n) is 6.43. The minimum atomic E-state index is -0.843. The summed E-state index contributed by atoms with van der Waals surface area (Å²) < 4.78 is 13.3. The Bertz CT molecular complexity index is 491. The van der Waals surface area contributed by atoms with Gasteiger partial charge in [-0.25, -0.2) is 4.39 Å². The molecule has 1 aromatic rings. The van der Waals surface area contributed by atoms with E-state index in [9.17, 15) is 14.0 Å². The lowest BCUT2D eigenvalue weighted by Gasteiger charge is -2.13. The molecule has 6 heteroatoms. The van der Waals surface area contributed by atoms with Crippen molar-refractivity contribution in [1.29, 1.82) is 0 Å². The Morgan fingerprint density at radius 3 is 2.65 bits per heavy atom. The predicted octanol–water partition coefficient (Wildman–Crippen LogP) is 1.35. The third-order valence-corrected chi connectivity index (χ3v) is 2.81. The van der Waals surface area contributed by atoms with Crippen LogP contribution in [0.2, 0.25) is 0 Å². The molecule has 1 rings (SSSR count). The summed E-state index contributed by atoms with van der Waals surface area (Å²) in [5, 5.41) is 13.5. The second kappa shape index (κ2) is 7.59. The number of aryl methyl sites for hydroxylation is 1. The third kappa shape index (κ3) is 4.97. The van der Waals surface area contributed by atoms with Crippen molar-refractivity contribution in [2.24, 2.45) is 0 Å². The van der Waals surface area contributed by atoms with Crippen LogP contribution in [0.3, 0.4) is 0 Å². The molecule has 20 heavy (non-hydrogen) atoms. The fourth-order valence-electron chi connectivity index (χ4n) is 1.62. The molecule has 0 heterocycles. The molecule has 0 aliphatic carbocycles. The van der Waals surface area contributed by atoms with E-state index in [4.69, 9.17) is 5.11 Å². The zero-order valence-corrected chi connectivity index (χ0v) is 11.6. The second-order valence-corrected chi connectivity index (χ2v) is 4.66. The average molecular weight is 282 g/mol. The van der Waals surface area contributed by atoms with Crippen molar-refractivity contribution in [3.05, 3.63) is 29.6 Å². The second-order valence-electron chi connectivity index (χ2n) is 4.66. The molecule has 0 aromatic heterocycles. The van der Waals surface area contributed by atoms with Crippen LogP contribution in [0.4, 0.5) is 10.1 Å². The first-order valence-corrected chi connectivity index (χ1v) is 6.43. The molecule has 0 spiro atoms. The number of carbonyl (C=O) groups is 2. The van der Waals surface area contributed by atoms with Crippen LogP contribution >= 0.6 is 0 Å². The SMILES string of the molecule is Cc1ccc(NC(=O)C(=O)NC(C)CCCO)cc1F. The van der Waals surface area contributed by atoms with E-state index in [1.54, 1.807) is 13.8 Å². The molecule has 1 atom stereocenters. The highest BCUT2D eigenvalue weighted by atomic mass is 19.1. The van der Waals surface area contributed by atoms with Gasteiger partial charge in [-0.1, -0.05) is 6.07 Å². The lowest BCUT2D eigenvalue weighted by atomic mass is 10.2. The number of aliphatic hydroxyl groups excluding tert-OH is 1. The van der Waals surface area contributed by atoms with Crippen molar-refractivity contribution in [3.63, 3.8) is 0 Å². The summed E-state index contributed by atoms with van der Waals surface area (Å²) in [5.41, 5.74) is 0.696. The Morgan fingerprint density at radius 1 is 1.35 bits per heavy atom. The maximum absolute atomic E-state index is 13.3. The van der Waals surface area contributed by atoms with Crippen molar-refractivity contribution < 1.29 is 19.1 Å². The number of benzene rings is 1. The van der Waals surface area contributed by atoms with E-state index >= 15 is 0 Å². The predicted molar refractivity (Wildman–Crippen MR) is 73.7 cm³/mol. The van der Waals surface area contributed by atoms with Crippen molar-refractivity contribution in [2.75, 3.05) is 11.9 Å². The van der Waals surface area contributed by atoms with Crippen molar-refractivity contribution in [3.8, 4) is 0 Å². The Hall–Kier alpha value is -1.95. The number of amides is 2. The molecule has 1 unspecified atom stereocenters. The quantitative estimate of drug-likeness (QED) is 0.713. The molecule has 0 saturated heterocycles. The summed E-state index contributed by atoms with van der Waals surface area (Å²) in [4.78, 5) is 23.2.